The molecule has 3 aliphatic rings. The van der Waals surface area contributed by atoms with Gasteiger partial charge in [0.25, 0.3) is 0 Å². The van der Waals surface area contributed by atoms with Crippen LogP contribution < -0.4 is 5.46 Å². The van der Waals surface area contributed by atoms with E-state index < -0.39 is 18.3 Å². The molecule has 1 aromatic carbocycles. The van der Waals surface area contributed by atoms with Gasteiger partial charge in [0.05, 0.1) is 23.3 Å². The van der Waals surface area contributed by atoms with Crippen molar-refractivity contribution in [3.8, 4) is 0 Å². The standard InChI is InChI=1S/C22H31BFNO3/c1-14-12-17(24)19-16(20(14)23-27-21(2,3)22(4,5)28-23)13-25-18(19)10-9-15-8-6-7-11-26-15/h12-13,15,18H,6-11H2,1-5H3. The third-order valence-corrected chi connectivity index (χ3v) is 6.85. The molecule has 2 fully saturated rings. The molecule has 1 aromatic rings. The number of rotatable bonds is 4. The van der Waals surface area contributed by atoms with Crippen molar-refractivity contribution in [1.29, 1.82) is 0 Å². The van der Waals surface area contributed by atoms with Crippen molar-refractivity contribution in [2.45, 2.75) is 90.1 Å². The van der Waals surface area contributed by atoms with Crippen LogP contribution in [-0.4, -0.2) is 37.2 Å². The molecule has 0 spiro atoms. The molecule has 6 heteroatoms. The second-order valence-corrected chi connectivity index (χ2v) is 9.36. The van der Waals surface area contributed by atoms with Crippen LogP contribution in [-0.2, 0) is 14.0 Å². The zero-order valence-electron chi connectivity index (χ0n) is 17.7. The minimum Gasteiger partial charge on any atom is -0.399 e. The summed E-state index contributed by atoms with van der Waals surface area (Å²) >= 11 is 0. The van der Waals surface area contributed by atoms with Crippen molar-refractivity contribution in [3.63, 3.8) is 0 Å². The minimum absolute atomic E-state index is 0.151. The van der Waals surface area contributed by atoms with Crippen molar-refractivity contribution in [2.24, 2.45) is 4.99 Å². The van der Waals surface area contributed by atoms with Gasteiger partial charge in [0, 0.05) is 23.9 Å². The van der Waals surface area contributed by atoms with Gasteiger partial charge in [0.2, 0.25) is 0 Å². The first-order valence-electron chi connectivity index (χ1n) is 10.5. The Morgan fingerprint density at radius 3 is 2.50 bits per heavy atom. The fourth-order valence-corrected chi connectivity index (χ4v) is 4.42. The van der Waals surface area contributed by atoms with Gasteiger partial charge in [-0.05, 0) is 83.8 Å². The van der Waals surface area contributed by atoms with Gasteiger partial charge in [-0.2, -0.15) is 0 Å². The van der Waals surface area contributed by atoms with Crippen LogP contribution >= 0.6 is 0 Å². The Labute approximate surface area is 168 Å². The fraction of sp³-hybridized carbons (Fsp3) is 0.682. The molecular formula is C22H31BFNO3. The van der Waals surface area contributed by atoms with Crippen LogP contribution in [0.4, 0.5) is 4.39 Å². The van der Waals surface area contributed by atoms with Gasteiger partial charge >= 0.3 is 7.12 Å². The molecule has 0 N–H and O–H groups in total. The SMILES string of the molecule is Cc1cc(F)c2c(c1B1OC(C)(C)C(C)(C)O1)C=NC2CCC1CCCCO1. The lowest BCUT2D eigenvalue weighted by atomic mass is 9.71. The quantitative estimate of drug-likeness (QED) is 0.725. The lowest BCUT2D eigenvalue weighted by Crippen LogP contribution is -2.41. The van der Waals surface area contributed by atoms with Gasteiger partial charge in [-0.1, -0.05) is 0 Å². The first kappa shape index (κ1) is 20.1. The zero-order valence-corrected chi connectivity index (χ0v) is 17.7. The van der Waals surface area contributed by atoms with Gasteiger partial charge in [0.15, 0.2) is 0 Å². The highest BCUT2D eigenvalue weighted by atomic mass is 19.1. The van der Waals surface area contributed by atoms with Crippen molar-refractivity contribution in [2.75, 3.05) is 6.61 Å². The Bertz CT molecular complexity index is 770. The Balaban J connectivity index is 1.60. The lowest BCUT2D eigenvalue weighted by Gasteiger charge is -2.32. The Morgan fingerprint density at radius 2 is 1.86 bits per heavy atom. The predicted molar refractivity (Wildman–Crippen MR) is 110 cm³/mol. The molecule has 0 aromatic heterocycles. The third-order valence-electron chi connectivity index (χ3n) is 6.85. The molecule has 4 nitrogen and oxygen atoms in total. The van der Waals surface area contributed by atoms with Crippen LogP contribution in [0.1, 0.15) is 82.5 Å². The average molecular weight is 387 g/mol. The molecule has 2 unspecified atom stereocenters. The molecule has 0 bridgehead atoms. The number of aryl methyl sites for hydroxylation is 1. The fourth-order valence-electron chi connectivity index (χ4n) is 4.42. The van der Waals surface area contributed by atoms with Crippen LogP contribution in [0.5, 0.6) is 0 Å². The van der Waals surface area contributed by atoms with E-state index in [-0.39, 0.29) is 18.0 Å². The Hall–Kier alpha value is -1.24. The molecule has 3 heterocycles. The van der Waals surface area contributed by atoms with E-state index in [0.29, 0.717) is 5.56 Å². The molecule has 0 aliphatic carbocycles. The van der Waals surface area contributed by atoms with Crippen LogP contribution in [0.3, 0.4) is 0 Å². The van der Waals surface area contributed by atoms with Crippen molar-refractivity contribution in [3.05, 3.63) is 28.6 Å². The number of nitrogens with zero attached hydrogens (tertiary/aromatic N) is 1. The Morgan fingerprint density at radius 1 is 1.14 bits per heavy atom. The molecule has 152 valence electrons. The number of aliphatic imine (C=N–C) groups is 1. The van der Waals surface area contributed by atoms with Gasteiger partial charge < -0.3 is 14.0 Å². The number of hydrogen-bond acceptors (Lipinski definition) is 4. The van der Waals surface area contributed by atoms with Crippen LogP contribution in [0, 0.1) is 12.7 Å². The largest absolute Gasteiger partial charge is 0.495 e. The molecule has 0 amide bonds. The van der Waals surface area contributed by atoms with E-state index in [1.165, 1.54) is 6.42 Å². The maximum Gasteiger partial charge on any atom is 0.495 e. The van der Waals surface area contributed by atoms with Crippen LogP contribution in [0.15, 0.2) is 11.1 Å². The molecular weight excluding hydrogens is 356 g/mol. The molecule has 3 aliphatic heterocycles. The van der Waals surface area contributed by atoms with Gasteiger partial charge in [0.1, 0.15) is 5.82 Å². The highest BCUT2D eigenvalue weighted by molar-refractivity contribution is 6.64. The smallest absolute Gasteiger partial charge is 0.399 e. The van der Waals surface area contributed by atoms with E-state index in [9.17, 15) is 4.39 Å². The summed E-state index contributed by atoms with van der Waals surface area (Å²) < 4.78 is 33.3. The van der Waals surface area contributed by atoms with E-state index in [0.717, 1.165) is 48.9 Å². The number of hydrogen-bond donors (Lipinski definition) is 0. The highest BCUT2D eigenvalue weighted by Gasteiger charge is 2.53. The van der Waals surface area contributed by atoms with Crippen molar-refractivity contribution >= 4 is 18.8 Å². The maximum absolute atomic E-state index is 14.9. The second-order valence-electron chi connectivity index (χ2n) is 9.36. The molecule has 0 radical (unpaired) electrons. The second kappa shape index (κ2) is 7.23. The van der Waals surface area contributed by atoms with Gasteiger partial charge in [-0.25, -0.2) is 4.39 Å². The number of ether oxygens (including phenoxy) is 1. The maximum atomic E-state index is 14.9. The summed E-state index contributed by atoms with van der Waals surface area (Å²) in [6.45, 7) is 10.9. The van der Waals surface area contributed by atoms with E-state index in [1.54, 1.807) is 6.07 Å². The van der Waals surface area contributed by atoms with Crippen molar-refractivity contribution < 1.29 is 18.4 Å². The first-order chi connectivity index (χ1) is 13.2. The molecule has 2 atom stereocenters. The van der Waals surface area contributed by atoms with E-state index >= 15 is 0 Å². The van der Waals surface area contributed by atoms with Crippen molar-refractivity contribution in [1.82, 2.24) is 0 Å². The highest BCUT2D eigenvalue weighted by Crippen LogP contribution is 2.39. The summed E-state index contributed by atoms with van der Waals surface area (Å²) in [5.41, 5.74) is 2.42. The number of fused-ring (bicyclic) bond motifs is 1. The lowest BCUT2D eigenvalue weighted by molar-refractivity contribution is 0.00578. The monoisotopic (exact) mass is 387 g/mol. The van der Waals surface area contributed by atoms with E-state index in [1.807, 2.05) is 40.8 Å². The van der Waals surface area contributed by atoms with Gasteiger partial charge in [-0.15, -0.1) is 0 Å². The first-order valence-corrected chi connectivity index (χ1v) is 10.5. The summed E-state index contributed by atoms with van der Waals surface area (Å²) in [4.78, 5) is 4.66. The summed E-state index contributed by atoms with van der Waals surface area (Å²) in [5, 5.41) is 0. The summed E-state index contributed by atoms with van der Waals surface area (Å²) in [7, 11) is -0.508. The number of benzene rings is 1. The zero-order chi connectivity index (χ0) is 20.1. The van der Waals surface area contributed by atoms with Gasteiger partial charge in [-0.3, -0.25) is 4.99 Å². The van der Waals surface area contributed by atoms with E-state index in [2.05, 4.69) is 4.99 Å². The summed E-state index contributed by atoms with van der Waals surface area (Å²) in [6.07, 6.45) is 7.28. The van der Waals surface area contributed by atoms with Crippen LogP contribution in [0.25, 0.3) is 0 Å². The third kappa shape index (κ3) is 3.44. The Kier molecular flexibility index (Phi) is 5.18. The topological polar surface area (TPSA) is 40.0 Å². The predicted octanol–water partition coefficient (Wildman–Crippen LogP) is 4.26. The minimum atomic E-state index is -0.508. The van der Waals surface area contributed by atoms with E-state index in [4.69, 9.17) is 14.0 Å². The molecule has 2 saturated heterocycles. The normalized spacial score (nSPS) is 28.0. The molecule has 4 rings (SSSR count). The summed E-state index contributed by atoms with van der Waals surface area (Å²) in [6, 6.07) is 1.46. The molecule has 0 saturated carbocycles. The molecule has 28 heavy (non-hydrogen) atoms. The number of halogens is 1. The van der Waals surface area contributed by atoms with Crippen LogP contribution in [0.2, 0.25) is 0 Å². The average Bonchev–Trinajstić information content (AvgIpc) is 3.12. The summed E-state index contributed by atoms with van der Waals surface area (Å²) in [5.74, 6) is -0.181.